The van der Waals surface area contributed by atoms with Crippen LogP contribution < -0.4 is 10.9 Å². The van der Waals surface area contributed by atoms with Crippen molar-refractivity contribution in [2.24, 2.45) is 5.92 Å². The van der Waals surface area contributed by atoms with Gasteiger partial charge in [0.2, 0.25) is 0 Å². The summed E-state index contributed by atoms with van der Waals surface area (Å²) in [5.74, 6) is 0.501. The second-order valence-corrected chi connectivity index (χ2v) is 4.98. The minimum Gasteiger partial charge on any atom is -0.315 e. The Morgan fingerprint density at radius 2 is 2.31 bits per heavy atom. The monoisotopic (exact) mass is 220 g/mol. The third-order valence-corrected chi connectivity index (χ3v) is 2.99. The number of aromatic nitrogens is 1. The molecule has 0 aromatic carbocycles. The van der Waals surface area contributed by atoms with Crippen LogP contribution in [0.4, 0.5) is 0 Å². The van der Waals surface area contributed by atoms with Crippen molar-refractivity contribution in [1.82, 2.24) is 9.88 Å². The maximum absolute atomic E-state index is 11.7. The van der Waals surface area contributed by atoms with Crippen LogP contribution in [0.25, 0.3) is 0 Å². The van der Waals surface area contributed by atoms with Gasteiger partial charge in [0, 0.05) is 24.8 Å². The van der Waals surface area contributed by atoms with Crippen molar-refractivity contribution in [3.63, 3.8) is 0 Å². The van der Waals surface area contributed by atoms with Gasteiger partial charge in [-0.15, -0.1) is 0 Å². The van der Waals surface area contributed by atoms with Crippen molar-refractivity contribution in [2.45, 2.75) is 39.3 Å². The summed E-state index contributed by atoms with van der Waals surface area (Å²) in [4.78, 5) is 11.7. The predicted molar refractivity (Wildman–Crippen MR) is 65.6 cm³/mol. The lowest BCUT2D eigenvalue weighted by Gasteiger charge is -2.14. The van der Waals surface area contributed by atoms with E-state index in [0.717, 1.165) is 24.7 Å². The second-order valence-electron chi connectivity index (χ2n) is 4.98. The molecule has 1 heterocycles. The van der Waals surface area contributed by atoms with Gasteiger partial charge in [0.05, 0.1) is 0 Å². The number of hydrogen-bond acceptors (Lipinski definition) is 2. The van der Waals surface area contributed by atoms with Gasteiger partial charge in [-0.05, 0) is 43.9 Å². The molecule has 0 amide bonds. The minimum absolute atomic E-state index is 0.110. The molecule has 2 rings (SSSR count). The van der Waals surface area contributed by atoms with Gasteiger partial charge in [-0.25, -0.2) is 0 Å². The topological polar surface area (TPSA) is 34.0 Å². The summed E-state index contributed by atoms with van der Waals surface area (Å²) < 4.78 is 1.80. The minimum atomic E-state index is 0.110. The van der Waals surface area contributed by atoms with E-state index >= 15 is 0 Å². The summed E-state index contributed by atoms with van der Waals surface area (Å²) >= 11 is 0. The van der Waals surface area contributed by atoms with E-state index in [2.05, 4.69) is 12.2 Å². The van der Waals surface area contributed by atoms with Gasteiger partial charge in [0.1, 0.15) is 0 Å². The second kappa shape index (κ2) is 4.83. The van der Waals surface area contributed by atoms with E-state index in [1.54, 1.807) is 10.6 Å². The van der Waals surface area contributed by atoms with Gasteiger partial charge in [-0.2, -0.15) is 0 Å². The standard InChI is InChI=1S/C13H20N2O/c1-10-5-6-15(13(16)7-10)9-11(2)8-14-12-3-4-12/h5-7,11-12,14H,3-4,8-9H2,1-2H3. The van der Waals surface area contributed by atoms with Crippen LogP contribution in [-0.2, 0) is 6.54 Å². The highest BCUT2D eigenvalue weighted by molar-refractivity contribution is 5.08. The largest absolute Gasteiger partial charge is 0.315 e. The van der Waals surface area contributed by atoms with Crippen LogP contribution in [-0.4, -0.2) is 17.2 Å². The fourth-order valence-corrected chi connectivity index (χ4v) is 1.81. The highest BCUT2D eigenvalue weighted by Crippen LogP contribution is 2.18. The van der Waals surface area contributed by atoms with Crippen LogP contribution in [0, 0.1) is 12.8 Å². The van der Waals surface area contributed by atoms with Crippen LogP contribution >= 0.6 is 0 Å². The lowest BCUT2D eigenvalue weighted by atomic mass is 10.1. The van der Waals surface area contributed by atoms with Crippen molar-refractivity contribution in [3.8, 4) is 0 Å². The number of aryl methyl sites for hydroxylation is 1. The van der Waals surface area contributed by atoms with Crippen molar-refractivity contribution in [3.05, 3.63) is 34.2 Å². The molecule has 1 unspecified atom stereocenters. The quantitative estimate of drug-likeness (QED) is 0.817. The fourth-order valence-electron chi connectivity index (χ4n) is 1.81. The normalized spacial score (nSPS) is 17.4. The molecule has 1 aromatic heterocycles. The Balaban J connectivity index is 1.88. The zero-order chi connectivity index (χ0) is 11.5. The molecule has 3 heteroatoms. The molecule has 1 N–H and O–H groups in total. The van der Waals surface area contributed by atoms with E-state index in [1.807, 2.05) is 19.2 Å². The summed E-state index contributed by atoms with van der Waals surface area (Å²) in [5.41, 5.74) is 1.14. The molecule has 16 heavy (non-hydrogen) atoms. The Kier molecular flexibility index (Phi) is 3.44. The summed E-state index contributed by atoms with van der Waals surface area (Å²) in [6.45, 7) is 5.94. The molecule has 1 atom stereocenters. The number of nitrogens with one attached hydrogen (secondary N) is 1. The number of pyridine rings is 1. The third-order valence-electron chi connectivity index (χ3n) is 2.99. The van der Waals surface area contributed by atoms with Gasteiger partial charge in [0.25, 0.3) is 5.56 Å². The van der Waals surface area contributed by atoms with Gasteiger partial charge < -0.3 is 9.88 Å². The predicted octanol–water partition coefficient (Wildman–Crippen LogP) is 1.54. The molecular weight excluding hydrogens is 200 g/mol. The Morgan fingerprint density at radius 1 is 1.56 bits per heavy atom. The van der Waals surface area contributed by atoms with E-state index in [1.165, 1.54) is 12.8 Å². The SMILES string of the molecule is Cc1ccn(CC(C)CNC2CC2)c(=O)c1. The first-order chi connectivity index (χ1) is 7.65. The highest BCUT2D eigenvalue weighted by atomic mass is 16.1. The van der Waals surface area contributed by atoms with Gasteiger partial charge in [0.15, 0.2) is 0 Å². The summed E-state index contributed by atoms with van der Waals surface area (Å²) in [5, 5.41) is 3.49. The van der Waals surface area contributed by atoms with E-state index in [0.29, 0.717) is 5.92 Å². The lowest BCUT2D eigenvalue weighted by Crippen LogP contribution is -2.29. The van der Waals surface area contributed by atoms with Gasteiger partial charge in [-0.1, -0.05) is 6.92 Å². The molecular formula is C13H20N2O. The Bertz CT molecular complexity index is 407. The van der Waals surface area contributed by atoms with Crippen LogP contribution in [0.5, 0.6) is 0 Å². The Hall–Kier alpha value is -1.09. The Morgan fingerprint density at radius 3 is 2.94 bits per heavy atom. The third kappa shape index (κ3) is 3.20. The van der Waals surface area contributed by atoms with Crippen molar-refractivity contribution in [1.29, 1.82) is 0 Å². The molecule has 1 aliphatic carbocycles. The lowest BCUT2D eigenvalue weighted by molar-refractivity contribution is 0.437. The van der Waals surface area contributed by atoms with E-state index in [-0.39, 0.29) is 5.56 Å². The van der Waals surface area contributed by atoms with Crippen LogP contribution in [0.2, 0.25) is 0 Å². The average Bonchev–Trinajstić information content (AvgIpc) is 3.03. The van der Waals surface area contributed by atoms with Crippen molar-refractivity contribution < 1.29 is 0 Å². The van der Waals surface area contributed by atoms with E-state index < -0.39 is 0 Å². The molecule has 3 nitrogen and oxygen atoms in total. The van der Waals surface area contributed by atoms with Gasteiger partial charge in [-0.3, -0.25) is 4.79 Å². The van der Waals surface area contributed by atoms with E-state index in [9.17, 15) is 4.79 Å². The molecule has 0 radical (unpaired) electrons. The summed E-state index contributed by atoms with van der Waals surface area (Å²) in [6.07, 6.45) is 4.53. The van der Waals surface area contributed by atoms with E-state index in [4.69, 9.17) is 0 Å². The van der Waals surface area contributed by atoms with Crippen molar-refractivity contribution >= 4 is 0 Å². The molecule has 1 saturated carbocycles. The average molecular weight is 220 g/mol. The number of hydrogen-bond donors (Lipinski definition) is 1. The number of nitrogens with zero attached hydrogens (tertiary/aromatic N) is 1. The highest BCUT2D eigenvalue weighted by Gasteiger charge is 2.20. The molecule has 88 valence electrons. The first kappa shape index (κ1) is 11.4. The van der Waals surface area contributed by atoms with Crippen LogP contribution in [0.15, 0.2) is 23.1 Å². The molecule has 1 fully saturated rings. The molecule has 1 aliphatic rings. The smallest absolute Gasteiger partial charge is 0.250 e. The number of rotatable bonds is 5. The summed E-state index contributed by atoms with van der Waals surface area (Å²) in [7, 11) is 0. The van der Waals surface area contributed by atoms with Crippen LogP contribution in [0.1, 0.15) is 25.3 Å². The maximum atomic E-state index is 11.7. The fraction of sp³-hybridized carbons (Fsp3) is 0.615. The molecule has 0 spiro atoms. The molecule has 0 bridgehead atoms. The van der Waals surface area contributed by atoms with Gasteiger partial charge >= 0.3 is 0 Å². The van der Waals surface area contributed by atoms with Crippen molar-refractivity contribution in [2.75, 3.05) is 6.54 Å². The first-order valence-electron chi connectivity index (χ1n) is 6.05. The Labute approximate surface area is 96.5 Å². The maximum Gasteiger partial charge on any atom is 0.250 e. The zero-order valence-electron chi connectivity index (χ0n) is 10.1. The zero-order valence-corrected chi connectivity index (χ0v) is 10.1. The first-order valence-corrected chi connectivity index (χ1v) is 6.05. The molecule has 0 aliphatic heterocycles. The summed E-state index contributed by atoms with van der Waals surface area (Å²) in [6, 6.07) is 4.43. The van der Waals surface area contributed by atoms with Crippen LogP contribution in [0.3, 0.4) is 0 Å². The molecule has 0 saturated heterocycles. The molecule has 1 aromatic rings.